The van der Waals surface area contributed by atoms with E-state index in [2.05, 4.69) is 10.5 Å². The highest BCUT2D eigenvalue weighted by Crippen LogP contribution is 2.28. The largest absolute Gasteiger partial charge is 0.493 e. The van der Waals surface area contributed by atoms with Crippen LogP contribution in [0.25, 0.3) is 0 Å². The number of anilines is 1. The zero-order valence-corrected chi connectivity index (χ0v) is 14.7. The molecule has 6 heteroatoms. The molecule has 0 amide bonds. The summed E-state index contributed by atoms with van der Waals surface area (Å²) >= 11 is 0. The van der Waals surface area contributed by atoms with Crippen LogP contribution in [0.15, 0.2) is 71.8 Å². The fourth-order valence-corrected chi connectivity index (χ4v) is 2.38. The van der Waals surface area contributed by atoms with Crippen LogP contribution in [-0.4, -0.2) is 13.3 Å². The molecule has 0 bridgehead atoms. The summed E-state index contributed by atoms with van der Waals surface area (Å²) in [6, 6.07) is 18.3. The van der Waals surface area contributed by atoms with Crippen LogP contribution in [0.2, 0.25) is 0 Å². The molecule has 0 aliphatic heterocycles. The molecule has 0 fully saturated rings. The molecule has 0 spiro atoms. The van der Waals surface area contributed by atoms with E-state index in [0.29, 0.717) is 18.1 Å². The van der Waals surface area contributed by atoms with E-state index in [1.807, 2.05) is 30.3 Å². The standard InChI is InChI=1S/C21H18F2N2O2/c1-26-20-10-7-16(11-21(20)27-14-15-5-3-2-4-6-15)13-24-25-19-9-8-17(22)12-18(19)23/h2-13,25H,14H2,1H3/b24-13+. The van der Waals surface area contributed by atoms with Gasteiger partial charge in [-0.25, -0.2) is 8.78 Å². The molecule has 4 nitrogen and oxygen atoms in total. The molecule has 0 saturated carbocycles. The second-order valence-electron chi connectivity index (χ2n) is 5.68. The fourth-order valence-electron chi connectivity index (χ4n) is 2.38. The lowest BCUT2D eigenvalue weighted by Gasteiger charge is -2.11. The lowest BCUT2D eigenvalue weighted by atomic mass is 10.2. The number of nitrogens with zero attached hydrogens (tertiary/aromatic N) is 1. The Morgan fingerprint density at radius 1 is 0.963 bits per heavy atom. The molecule has 0 saturated heterocycles. The van der Waals surface area contributed by atoms with Crippen LogP contribution in [0.1, 0.15) is 11.1 Å². The minimum absolute atomic E-state index is 0.0849. The first-order chi connectivity index (χ1) is 13.2. The van der Waals surface area contributed by atoms with E-state index < -0.39 is 11.6 Å². The van der Waals surface area contributed by atoms with Gasteiger partial charge in [-0.05, 0) is 41.5 Å². The first-order valence-electron chi connectivity index (χ1n) is 8.24. The molecule has 0 heterocycles. The SMILES string of the molecule is COc1ccc(/C=N/Nc2ccc(F)cc2F)cc1OCc1ccccc1. The summed E-state index contributed by atoms with van der Waals surface area (Å²) in [5.74, 6) is -0.190. The Labute approximate surface area is 156 Å². The Bertz CT molecular complexity index is 931. The van der Waals surface area contributed by atoms with Gasteiger partial charge < -0.3 is 9.47 Å². The number of methoxy groups -OCH3 is 1. The van der Waals surface area contributed by atoms with E-state index in [1.54, 1.807) is 25.3 Å². The quantitative estimate of drug-likeness (QED) is 0.471. The predicted molar refractivity (Wildman–Crippen MR) is 101 cm³/mol. The molecule has 0 radical (unpaired) electrons. The number of hydrazone groups is 1. The number of benzene rings is 3. The summed E-state index contributed by atoms with van der Waals surface area (Å²) in [4.78, 5) is 0. The average molecular weight is 368 g/mol. The molecule has 138 valence electrons. The first kappa shape index (κ1) is 18.4. The number of ether oxygens (including phenoxy) is 2. The van der Waals surface area contributed by atoms with E-state index in [0.717, 1.165) is 23.3 Å². The zero-order valence-electron chi connectivity index (χ0n) is 14.7. The molecule has 0 unspecified atom stereocenters. The van der Waals surface area contributed by atoms with Crippen molar-refractivity contribution in [1.29, 1.82) is 0 Å². The van der Waals surface area contributed by atoms with Crippen molar-refractivity contribution >= 4 is 11.9 Å². The molecule has 0 aliphatic carbocycles. The van der Waals surface area contributed by atoms with Gasteiger partial charge in [-0.2, -0.15) is 5.10 Å². The van der Waals surface area contributed by atoms with Crippen LogP contribution in [0.3, 0.4) is 0 Å². The topological polar surface area (TPSA) is 42.8 Å². The molecule has 1 N–H and O–H groups in total. The first-order valence-corrected chi connectivity index (χ1v) is 8.24. The van der Waals surface area contributed by atoms with E-state index in [4.69, 9.17) is 9.47 Å². The molecule has 3 rings (SSSR count). The van der Waals surface area contributed by atoms with Crippen LogP contribution in [0, 0.1) is 11.6 Å². The normalized spacial score (nSPS) is 10.8. The van der Waals surface area contributed by atoms with Crippen LogP contribution in [-0.2, 0) is 6.61 Å². The smallest absolute Gasteiger partial charge is 0.162 e. The minimum atomic E-state index is -0.714. The van der Waals surface area contributed by atoms with E-state index in [-0.39, 0.29) is 5.69 Å². The van der Waals surface area contributed by atoms with Crippen molar-refractivity contribution in [2.45, 2.75) is 6.61 Å². The van der Waals surface area contributed by atoms with Crippen molar-refractivity contribution in [1.82, 2.24) is 0 Å². The summed E-state index contributed by atoms with van der Waals surface area (Å²) in [5, 5.41) is 3.98. The van der Waals surface area contributed by atoms with E-state index >= 15 is 0 Å². The van der Waals surface area contributed by atoms with Crippen molar-refractivity contribution in [2.75, 3.05) is 12.5 Å². The van der Waals surface area contributed by atoms with Gasteiger partial charge in [0.2, 0.25) is 0 Å². The van der Waals surface area contributed by atoms with Gasteiger partial charge in [-0.1, -0.05) is 30.3 Å². The monoisotopic (exact) mass is 368 g/mol. The maximum atomic E-state index is 13.6. The van der Waals surface area contributed by atoms with E-state index in [9.17, 15) is 8.78 Å². The van der Waals surface area contributed by atoms with Crippen LogP contribution in [0.5, 0.6) is 11.5 Å². The van der Waals surface area contributed by atoms with Crippen molar-refractivity contribution in [2.24, 2.45) is 5.10 Å². The number of rotatable bonds is 7. The maximum Gasteiger partial charge on any atom is 0.162 e. The van der Waals surface area contributed by atoms with Crippen molar-refractivity contribution in [3.63, 3.8) is 0 Å². The summed E-state index contributed by atoms with van der Waals surface area (Å²) in [6.45, 7) is 0.400. The predicted octanol–water partition coefficient (Wildman–Crippen LogP) is 5.00. The second kappa shape index (κ2) is 8.80. The molecule has 0 aliphatic rings. The van der Waals surface area contributed by atoms with Gasteiger partial charge in [0.05, 0.1) is 19.0 Å². The fraction of sp³-hybridized carbons (Fsp3) is 0.0952. The summed E-state index contributed by atoms with van der Waals surface area (Å²) in [6.07, 6.45) is 1.51. The van der Waals surface area contributed by atoms with Gasteiger partial charge in [0.15, 0.2) is 17.3 Å². The van der Waals surface area contributed by atoms with Gasteiger partial charge in [-0.15, -0.1) is 0 Å². The Morgan fingerprint density at radius 3 is 2.52 bits per heavy atom. The third-order valence-corrected chi connectivity index (χ3v) is 3.75. The molecule has 3 aromatic carbocycles. The number of hydrogen-bond donors (Lipinski definition) is 1. The lowest BCUT2D eigenvalue weighted by molar-refractivity contribution is 0.284. The van der Waals surface area contributed by atoms with Crippen LogP contribution < -0.4 is 14.9 Å². The van der Waals surface area contributed by atoms with Crippen molar-refractivity contribution < 1.29 is 18.3 Å². The Kier molecular flexibility index (Phi) is 5.99. The molecule has 0 atom stereocenters. The third-order valence-electron chi connectivity index (χ3n) is 3.75. The molecular formula is C21H18F2N2O2. The highest BCUT2D eigenvalue weighted by atomic mass is 19.1. The number of hydrogen-bond acceptors (Lipinski definition) is 4. The Morgan fingerprint density at radius 2 is 1.78 bits per heavy atom. The van der Waals surface area contributed by atoms with Crippen molar-refractivity contribution in [3.8, 4) is 11.5 Å². The summed E-state index contributed by atoms with van der Waals surface area (Å²) < 4.78 is 37.7. The number of halogens is 2. The summed E-state index contributed by atoms with van der Waals surface area (Å²) in [5.41, 5.74) is 4.40. The number of nitrogens with one attached hydrogen (secondary N) is 1. The van der Waals surface area contributed by atoms with Gasteiger partial charge in [0.1, 0.15) is 12.4 Å². The Hall–Kier alpha value is -3.41. The molecule has 27 heavy (non-hydrogen) atoms. The highest BCUT2D eigenvalue weighted by Gasteiger charge is 2.06. The van der Waals surface area contributed by atoms with Crippen LogP contribution >= 0.6 is 0 Å². The maximum absolute atomic E-state index is 13.6. The third kappa shape index (κ3) is 5.04. The Balaban J connectivity index is 1.70. The van der Waals surface area contributed by atoms with E-state index in [1.165, 1.54) is 12.3 Å². The van der Waals surface area contributed by atoms with Gasteiger partial charge in [-0.3, -0.25) is 5.43 Å². The highest BCUT2D eigenvalue weighted by molar-refractivity contribution is 5.81. The van der Waals surface area contributed by atoms with Crippen LogP contribution in [0.4, 0.5) is 14.5 Å². The second-order valence-corrected chi connectivity index (χ2v) is 5.68. The van der Waals surface area contributed by atoms with Gasteiger partial charge in [0.25, 0.3) is 0 Å². The lowest BCUT2D eigenvalue weighted by Crippen LogP contribution is -1.99. The average Bonchev–Trinajstić information content (AvgIpc) is 2.69. The van der Waals surface area contributed by atoms with Crippen molar-refractivity contribution in [3.05, 3.63) is 89.5 Å². The zero-order chi connectivity index (χ0) is 19.1. The molecule has 3 aromatic rings. The molecular weight excluding hydrogens is 350 g/mol. The van der Waals surface area contributed by atoms with Gasteiger partial charge in [0, 0.05) is 6.07 Å². The molecule has 0 aromatic heterocycles. The van der Waals surface area contributed by atoms with Gasteiger partial charge >= 0.3 is 0 Å². The summed E-state index contributed by atoms with van der Waals surface area (Å²) in [7, 11) is 1.57. The minimum Gasteiger partial charge on any atom is -0.493 e.